The molecule has 1 amide bonds. The zero-order valence-electron chi connectivity index (χ0n) is 21.5. The van der Waals surface area contributed by atoms with Crippen LogP contribution in [0.25, 0.3) is 33.2 Å². The Kier molecular flexibility index (Phi) is 5.91. The Labute approximate surface area is 209 Å². The lowest BCUT2D eigenvalue weighted by Gasteiger charge is -2.19. The summed E-state index contributed by atoms with van der Waals surface area (Å²) in [6.45, 7) is 7.32. The Morgan fingerprint density at radius 2 is 1.83 bits per heavy atom. The van der Waals surface area contributed by atoms with Crippen molar-refractivity contribution in [2.45, 2.75) is 33.9 Å². The van der Waals surface area contributed by atoms with Gasteiger partial charge in [0.2, 0.25) is 0 Å². The van der Waals surface area contributed by atoms with E-state index < -0.39 is 0 Å². The quantitative estimate of drug-likeness (QED) is 0.387. The Balaban J connectivity index is 1.62. The first-order valence-corrected chi connectivity index (χ1v) is 12.0. The monoisotopic (exact) mass is 482 g/mol. The third kappa shape index (κ3) is 4.06. The van der Waals surface area contributed by atoms with Crippen LogP contribution in [0.2, 0.25) is 0 Å². The van der Waals surface area contributed by atoms with E-state index in [4.69, 9.17) is 9.97 Å². The van der Waals surface area contributed by atoms with Crippen molar-refractivity contribution >= 4 is 33.4 Å². The molecule has 0 aliphatic rings. The number of rotatable bonds is 6. The molecule has 0 saturated carbocycles. The number of carbonyl (C=O) groups excluding carboxylic acids is 1. The summed E-state index contributed by atoms with van der Waals surface area (Å²) in [5.74, 6) is 0.339. The number of hydrogen-bond donors (Lipinski definition) is 1. The van der Waals surface area contributed by atoms with E-state index in [0.717, 1.165) is 56.4 Å². The first-order valence-electron chi connectivity index (χ1n) is 12.0. The third-order valence-electron chi connectivity index (χ3n) is 6.59. The van der Waals surface area contributed by atoms with Gasteiger partial charge in [-0.3, -0.25) is 14.6 Å². The highest BCUT2D eigenvalue weighted by Gasteiger charge is 2.22. The van der Waals surface area contributed by atoms with Gasteiger partial charge in [-0.1, -0.05) is 11.6 Å². The Bertz CT molecular complexity index is 1600. The summed E-state index contributed by atoms with van der Waals surface area (Å²) in [6, 6.07) is 9.94. The van der Waals surface area contributed by atoms with Crippen molar-refractivity contribution in [1.29, 1.82) is 0 Å². The zero-order chi connectivity index (χ0) is 25.6. The molecule has 2 aromatic carbocycles. The van der Waals surface area contributed by atoms with E-state index in [0.29, 0.717) is 18.1 Å². The fourth-order valence-electron chi connectivity index (χ4n) is 4.53. The molecule has 0 bridgehead atoms. The van der Waals surface area contributed by atoms with E-state index in [2.05, 4.69) is 22.2 Å². The summed E-state index contributed by atoms with van der Waals surface area (Å²) in [6.07, 6.45) is 3.64. The van der Waals surface area contributed by atoms with E-state index in [1.807, 2.05) is 80.3 Å². The van der Waals surface area contributed by atoms with E-state index in [9.17, 15) is 4.79 Å². The topological polar surface area (TPSA) is 95.8 Å². The van der Waals surface area contributed by atoms with Crippen LogP contribution in [-0.2, 0) is 13.1 Å². The second kappa shape index (κ2) is 9.07. The zero-order valence-corrected chi connectivity index (χ0v) is 21.5. The number of aromatic nitrogens is 6. The Morgan fingerprint density at radius 3 is 2.56 bits per heavy atom. The molecule has 9 heteroatoms. The first kappa shape index (κ1) is 23.5. The van der Waals surface area contributed by atoms with Crippen molar-refractivity contribution in [2.75, 3.05) is 26.0 Å². The predicted octanol–water partition coefficient (Wildman–Crippen LogP) is 4.34. The molecule has 0 unspecified atom stereocenters. The molecule has 36 heavy (non-hydrogen) atoms. The summed E-state index contributed by atoms with van der Waals surface area (Å²) >= 11 is 0. The number of carbonyl (C=O) groups is 1. The van der Waals surface area contributed by atoms with Crippen molar-refractivity contribution < 1.29 is 4.79 Å². The number of aromatic amines is 1. The van der Waals surface area contributed by atoms with Crippen molar-refractivity contribution in [3.05, 3.63) is 65.2 Å². The van der Waals surface area contributed by atoms with Gasteiger partial charge in [0.25, 0.3) is 5.91 Å². The molecular weight excluding hydrogens is 452 g/mol. The van der Waals surface area contributed by atoms with E-state index in [1.165, 1.54) is 0 Å². The minimum atomic E-state index is -0.159. The van der Waals surface area contributed by atoms with Crippen molar-refractivity contribution in [2.24, 2.45) is 0 Å². The van der Waals surface area contributed by atoms with Crippen LogP contribution in [0.3, 0.4) is 0 Å². The number of amides is 1. The number of anilines is 1. The summed E-state index contributed by atoms with van der Waals surface area (Å²) in [7, 11) is 5.78. The second-order valence-electron chi connectivity index (χ2n) is 9.37. The molecule has 5 aromatic rings. The number of benzene rings is 2. The van der Waals surface area contributed by atoms with Gasteiger partial charge < -0.3 is 9.80 Å². The standard InChI is InChI=1S/C27H30N8O/c1-7-35-17(3)19(13-29-35)15-34(6)27(36)25-20-10-16(2)8-9-22(20)30-26(31-25)18-11-23-21(14-28-32-23)24(12-18)33(4)5/h8-14H,7,15H2,1-6H3,(H,28,32). The van der Waals surface area contributed by atoms with Crippen molar-refractivity contribution in [3.8, 4) is 11.4 Å². The first-order chi connectivity index (χ1) is 17.3. The SMILES string of the molecule is CCn1ncc(CN(C)C(=O)c2nc(-c3cc(N(C)C)c4cn[nH]c4c3)nc3ccc(C)cc23)c1C. The minimum Gasteiger partial charge on any atom is -0.377 e. The van der Waals surface area contributed by atoms with Crippen molar-refractivity contribution in [1.82, 2.24) is 34.8 Å². The molecule has 0 aliphatic heterocycles. The number of H-pyrrole nitrogens is 1. The highest BCUT2D eigenvalue weighted by molar-refractivity contribution is 6.05. The maximum absolute atomic E-state index is 13.8. The van der Waals surface area contributed by atoms with Crippen LogP contribution in [0.5, 0.6) is 0 Å². The summed E-state index contributed by atoms with van der Waals surface area (Å²) in [5, 5.41) is 13.4. The summed E-state index contributed by atoms with van der Waals surface area (Å²) < 4.78 is 1.93. The number of nitrogens with one attached hydrogen (secondary N) is 1. The van der Waals surface area contributed by atoms with E-state index >= 15 is 0 Å². The molecule has 0 saturated heterocycles. The fraction of sp³-hybridized carbons (Fsp3) is 0.296. The lowest BCUT2D eigenvalue weighted by molar-refractivity contribution is 0.0781. The summed E-state index contributed by atoms with van der Waals surface area (Å²) in [5.41, 5.74) is 6.94. The van der Waals surface area contributed by atoms with Crippen LogP contribution in [0.15, 0.2) is 42.7 Å². The van der Waals surface area contributed by atoms with E-state index in [-0.39, 0.29) is 5.91 Å². The highest BCUT2D eigenvalue weighted by atomic mass is 16.2. The molecule has 0 fully saturated rings. The smallest absolute Gasteiger partial charge is 0.273 e. The number of fused-ring (bicyclic) bond motifs is 2. The van der Waals surface area contributed by atoms with Gasteiger partial charge in [-0.15, -0.1) is 0 Å². The van der Waals surface area contributed by atoms with Crippen molar-refractivity contribution in [3.63, 3.8) is 0 Å². The van der Waals surface area contributed by atoms with Crippen LogP contribution in [0.1, 0.15) is 34.2 Å². The molecule has 0 aliphatic carbocycles. The second-order valence-corrected chi connectivity index (χ2v) is 9.37. The summed E-state index contributed by atoms with van der Waals surface area (Å²) in [4.78, 5) is 27.2. The molecule has 3 aromatic heterocycles. The molecular formula is C27H30N8O. The van der Waals surface area contributed by atoms with Crippen LogP contribution in [0.4, 0.5) is 5.69 Å². The van der Waals surface area contributed by atoms with Gasteiger partial charge in [0.1, 0.15) is 5.69 Å². The largest absolute Gasteiger partial charge is 0.377 e. The minimum absolute atomic E-state index is 0.159. The molecule has 0 radical (unpaired) electrons. The molecule has 0 atom stereocenters. The van der Waals surface area contributed by atoms with Gasteiger partial charge in [-0.05, 0) is 45.0 Å². The fourth-order valence-corrected chi connectivity index (χ4v) is 4.53. The van der Waals surface area contributed by atoms with Gasteiger partial charge in [-0.25, -0.2) is 9.97 Å². The average molecular weight is 483 g/mol. The molecule has 1 N–H and O–H groups in total. The predicted molar refractivity (Wildman–Crippen MR) is 142 cm³/mol. The van der Waals surface area contributed by atoms with Crippen LogP contribution >= 0.6 is 0 Å². The van der Waals surface area contributed by atoms with Crippen LogP contribution in [-0.4, -0.2) is 61.9 Å². The van der Waals surface area contributed by atoms with Gasteiger partial charge in [0, 0.05) is 67.5 Å². The molecule has 184 valence electrons. The van der Waals surface area contributed by atoms with E-state index in [1.54, 1.807) is 11.9 Å². The molecule has 0 spiro atoms. The van der Waals surface area contributed by atoms with Gasteiger partial charge in [0.15, 0.2) is 5.82 Å². The van der Waals surface area contributed by atoms with Crippen LogP contribution < -0.4 is 4.90 Å². The Hall–Kier alpha value is -4.27. The lowest BCUT2D eigenvalue weighted by Crippen LogP contribution is -2.28. The third-order valence-corrected chi connectivity index (χ3v) is 6.59. The lowest BCUT2D eigenvalue weighted by atomic mass is 10.1. The highest BCUT2D eigenvalue weighted by Crippen LogP contribution is 2.31. The van der Waals surface area contributed by atoms with Gasteiger partial charge in [-0.2, -0.15) is 10.2 Å². The van der Waals surface area contributed by atoms with Crippen LogP contribution in [0, 0.1) is 13.8 Å². The number of hydrogen-bond acceptors (Lipinski definition) is 6. The molecule has 5 rings (SSSR count). The average Bonchev–Trinajstić information content (AvgIpc) is 3.48. The molecule has 3 heterocycles. The maximum Gasteiger partial charge on any atom is 0.273 e. The Morgan fingerprint density at radius 1 is 1.03 bits per heavy atom. The molecule has 9 nitrogen and oxygen atoms in total. The van der Waals surface area contributed by atoms with Gasteiger partial charge in [0.05, 0.1) is 23.4 Å². The maximum atomic E-state index is 13.8. The number of nitrogens with zero attached hydrogens (tertiary/aromatic N) is 7. The normalized spacial score (nSPS) is 11.4. The number of aryl methyl sites for hydroxylation is 2. The van der Waals surface area contributed by atoms with Gasteiger partial charge >= 0.3 is 0 Å².